The van der Waals surface area contributed by atoms with Crippen LogP contribution in [0.25, 0.3) is 0 Å². The van der Waals surface area contributed by atoms with Gasteiger partial charge in [-0.3, -0.25) is 0 Å². The van der Waals surface area contributed by atoms with E-state index in [0.717, 1.165) is 12.3 Å². The third-order valence-electron chi connectivity index (χ3n) is 3.25. The molecule has 1 N–H and O–H groups in total. The number of carboxylic acids is 1. The standard InChI is InChI=1S/C12H15FN2O4S/c1-20(18,19)15-7-5-14(6-8-15)10-4-2-3-9(13)11(10)12(16)17/h2-4H,5-8H2,1H3,(H,16,17). The van der Waals surface area contributed by atoms with Crippen LogP contribution < -0.4 is 4.90 Å². The van der Waals surface area contributed by atoms with E-state index in [1.54, 1.807) is 4.90 Å². The molecule has 0 bridgehead atoms. The summed E-state index contributed by atoms with van der Waals surface area (Å²) in [6.45, 7) is 1.18. The van der Waals surface area contributed by atoms with Crippen LogP contribution in [0.2, 0.25) is 0 Å². The topological polar surface area (TPSA) is 77.9 Å². The third kappa shape index (κ3) is 2.91. The lowest BCUT2D eigenvalue weighted by Gasteiger charge is -2.35. The van der Waals surface area contributed by atoms with Crippen LogP contribution in [0.1, 0.15) is 10.4 Å². The molecule has 0 radical (unpaired) electrons. The molecule has 0 amide bonds. The first-order valence-electron chi connectivity index (χ1n) is 6.02. The van der Waals surface area contributed by atoms with Crippen molar-refractivity contribution in [3.63, 3.8) is 0 Å². The zero-order valence-electron chi connectivity index (χ0n) is 10.9. The van der Waals surface area contributed by atoms with Crippen molar-refractivity contribution in [2.75, 3.05) is 37.3 Å². The van der Waals surface area contributed by atoms with E-state index in [4.69, 9.17) is 5.11 Å². The molecule has 8 heteroatoms. The lowest BCUT2D eigenvalue weighted by Crippen LogP contribution is -2.48. The molecule has 110 valence electrons. The van der Waals surface area contributed by atoms with Crippen molar-refractivity contribution in [3.05, 3.63) is 29.6 Å². The monoisotopic (exact) mass is 302 g/mol. The van der Waals surface area contributed by atoms with Gasteiger partial charge in [-0.1, -0.05) is 6.07 Å². The van der Waals surface area contributed by atoms with Crippen molar-refractivity contribution in [1.82, 2.24) is 4.31 Å². The second kappa shape index (κ2) is 5.37. The van der Waals surface area contributed by atoms with Crippen LogP contribution >= 0.6 is 0 Å². The first-order valence-corrected chi connectivity index (χ1v) is 7.87. The van der Waals surface area contributed by atoms with E-state index in [-0.39, 0.29) is 24.3 Å². The maximum Gasteiger partial charge on any atom is 0.340 e. The van der Waals surface area contributed by atoms with Gasteiger partial charge in [-0.05, 0) is 12.1 Å². The van der Waals surface area contributed by atoms with E-state index in [1.165, 1.54) is 16.4 Å². The average Bonchev–Trinajstić information content (AvgIpc) is 2.37. The van der Waals surface area contributed by atoms with Gasteiger partial charge in [0.2, 0.25) is 10.0 Å². The smallest absolute Gasteiger partial charge is 0.340 e. The summed E-state index contributed by atoms with van der Waals surface area (Å²) in [6, 6.07) is 4.07. The molecule has 1 saturated heterocycles. The van der Waals surface area contributed by atoms with E-state index in [1.807, 2.05) is 0 Å². The van der Waals surface area contributed by atoms with Gasteiger partial charge in [0, 0.05) is 26.2 Å². The normalized spacial score (nSPS) is 17.2. The van der Waals surface area contributed by atoms with Crippen molar-refractivity contribution in [2.45, 2.75) is 0 Å². The Morgan fingerprint density at radius 1 is 1.25 bits per heavy atom. The summed E-state index contributed by atoms with van der Waals surface area (Å²) >= 11 is 0. The fourth-order valence-corrected chi connectivity index (χ4v) is 3.08. The largest absolute Gasteiger partial charge is 0.478 e. The van der Waals surface area contributed by atoms with Crippen LogP contribution in [-0.4, -0.2) is 56.2 Å². The summed E-state index contributed by atoms with van der Waals surface area (Å²) < 4.78 is 37.8. The van der Waals surface area contributed by atoms with Gasteiger partial charge >= 0.3 is 5.97 Å². The predicted molar refractivity (Wildman–Crippen MR) is 72.0 cm³/mol. The van der Waals surface area contributed by atoms with E-state index < -0.39 is 21.8 Å². The third-order valence-corrected chi connectivity index (χ3v) is 4.56. The Kier molecular flexibility index (Phi) is 3.96. The highest BCUT2D eigenvalue weighted by Gasteiger charge is 2.26. The van der Waals surface area contributed by atoms with Crippen molar-refractivity contribution >= 4 is 21.7 Å². The number of hydrogen-bond donors (Lipinski definition) is 1. The number of hydrogen-bond acceptors (Lipinski definition) is 4. The molecule has 0 aliphatic carbocycles. The van der Waals surface area contributed by atoms with Crippen LogP contribution in [0, 0.1) is 5.82 Å². The van der Waals surface area contributed by atoms with Crippen molar-refractivity contribution in [3.8, 4) is 0 Å². The molecule has 1 aliphatic heterocycles. The van der Waals surface area contributed by atoms with Crippen molar-refractivity contribution in [1.29, 1.82) is 0 Å². The quantitative estimate of drug-likeness (QED) is 0.885. The van der Waals surface area contributed by atoms with Gasteiger partial charge in [-0.2, -0.15) is 4.31 Å². The molecular weight excluding hydrogens is 287 g/mol. The van der Waals surface area contributed by atoms with Gasteiger partial charge in [-0.15, -0.1) is 0 Å². The zero-order chi connectivity index (χ0) is 14.9. The Morgan fingerprint density at radius 3 is 2.35 bits per heavy atom. The summed E-state index contributed by atoms with van der Waals surface area (Å²) in [7, 11) is -3.25. The second-order valence-corrected chi connectivity index (χ2v) is 6.57. The van der Waals surface area contributed by atoms with Crippen LogP contribution in [0.3, 0.4) is 0 Å². The number of nitrogens with zero attached hydrogens (tertiary/aromatic N) is 2. The molecule has 1 fully saturated rings. The van der Waals surface area contributed by atoms with E-state index in [0.29, 0.717) is 13.1 Å². The molecule has 0 atom stereocenters. The minimum absolute atomic E-state index is 0.258. The van der Waals surface area contributed by atoms with Gasteiger partial charge in [-0.25, -0.2) is 17.6 Å². The first kappa shape index (κ1) is 14.7. The molecule has 0 spiro atoms. The average molecular weight is 302 g/mol. The number of carboxylic acid groups (broad SMARTS) is 1. The maximum absolute atomic E-state index is 13.6. The number of sulfonamides is 1. The highest BCUT2D eigenvalue weighted by atomic mass is 32.2. The fraction of sp³-hybridized carbons (Fsp3) is 0.417. The summed E-state index contributed by atoms with van der Waals surface area (Å²) in [5, 5.41) is 9.09. The molecule has 2 rings (SSSR count). The minimum atomic E-state index is -3.25. The lowest BCUT2D eigenvalue weighted by atomic mass is 10.1. The number of anilines is 1. The van der Waals surface area contributed by atoms with Gasteiger partial charge < -0.3 is 10.0 Å². The van der Waals surface area contributed by atoms with Gasteiger partial charge in [0.05, 0.1) is 11.9 Å². The Labute approximate surface area is 116 Å². The minimum Gasteiger partial charge on any atom is -0.478 e. The number of piperazine rings is 1. The predicted octanol–water partition coefficient (Wildman–Crippen LogP) is 0.605. The number of halogens is 1. The highest BCUT2D eigenvalue weighted by Crippen LogP contribution is 2.24. The van der Waals surface area contributed by atoms with E-state index >= 15 is 0 Å². The second-order valence-electron chi connectivity index (χ2n) is 4.59. The molecule has 20 heavy (non-hydrogen) atoms. The summed E-state index contributed by atoms with van der Waals surface area (Å²) in [5.41, 5.74) is -0.0917. The number of benzene rings is 1. The molecule has 0 aromatic heterocycles. The molecular formula is C12H15FN2O4S. The van der Waals surface area contributed by atoms with Crippen LogP contribution in [-0.2, 0) is 10.0 Å². The maximum atomic E-state index is 13.6. The Balaban J connectivity index is 2.24. The highest BCUT2D eigenvalue weighted by molar-refractivity contribution is 7.88. The molecule has 1 aromatic rings. The van der Waals surface area contributed by atoms with Crippen LogP contribution in [0.5, 0.6) is 0 Å². The Hall–Kier alpha value is -1.67. The van der Waals surface area contributed by atoms with Crippen molar-refractivity contribution in [2.24, 2.45) is 0 Å². The molecule has 0 saturated carbocycles. The first-order chi connectivity index (χ1) is 9.30. The Bertz CT molecular complexity index is 624. The number of rotatable bonds is 3. The zero-order valence-corrected chi connectivity index (χ0v) is 11.7. The summed E-state index contributed by atoms with van der Waals surface area (Å²) in [5.74, 6) is -2.12. The summed E-state index contributed by atoms with van der Waals surface area (Å²) in [4.78, 5) is 12.8. The van der Waals surface area contributed by atoms with Crippen LogP contribution in [0.15, 0.2) is 18.2 Å². The molecule has 1 aromatic carbocycles. The van der Waals surface area contributed by atoms with Gasteiger partial charge in [0.15, 0.2) is 0 Å². The summed E-state index contributed by atoms with van der Waals surface area (Å²) in [6.07, 6.45) is 1.13. The number of carbonyl (C=O) groups is 1. The molecule has 6 nitrogen and oxygen atoms in total. The molecule has 1 aliphatic rings. The van der Waals surface area contributed by atoms with E-state index in [2.05, 4.69) is 0 Å². The van der Waals surface area contributed by atoms with Crippen molar-refractivity contribution < 1.29 is 22.7 Å². The SMILES string of the molecule is CS(=O)(=O)N1CCN(c2cccc(F)c2C(=O)O)CC1. The van der Waals surface area contributed by atoms with Crippen LogP contribution in [0.4, 0.5) is 10.1 Å². The lowest BCUT2D eigenvalue weighted by molar-refractivity contribution is 0.0692. The number of aromatic carboxylic acids is 1. The molecule has 1 heterocycles. The molecule has 0 unspecified atom stereocenters. The van der Waals surface area contributed by atoms with E-state index in [9.17, 15) is 17.6 Å². The van der Waals surface area contributed by atoms with Gasteiger partial charge in [0.1, 0.15) is 11.4 Å². The fourth-order valence-electron chi connectivity index (χ4n) is 2.25. The van der Waals surface area contributed by atoms with Gasteiger partial charge in [0.25, 0.3) is 0 Å². The Morgan fingerprint density at radius 2 is 1.85 bits per heavy atom.